The third kappa shape index (κ3) is 4.99. The fourth-order valence-electron chi connectivity index (χ4n) is 1.22. The molecular weight excluding hydrogens is 170 g/mol. The topological polar surface area (TPSA) is 12.0 Å². The first kappa shape index (κ1) is 14.0. The van der Waals surface area contributed by atoms with Crippen LogP contribution >= 0.6 is 0 Å². The molecule has 0 aromatic rings. The van der Waals surface area contributed by atoms with Gasteiger partial charge in [0, 0.05) is 6.04 Å². The van der Waals surface area contributed by atoms with E-state index in [1.165, 1.54) is 6.42 Å². The monoisotopic (exact) mass is 199 g/mol. The highest BCUT2D eigenvalue weighted by Crippen LogP contribution is 2.24. The predicted molar refractivity (Wildman–Crippen MR) is 65.5 cm³/mol. The number of hydrogen-bond donors (Lipinski definition) is 1. The van der Waals surface area contributed by atoms with Crippen LogP contribution in [-0.2, 0) is 0 Å². The summed E-state index contributed by atoms with van der Waals surface area (Å²) in [5.41, 5.74) is 0.419. The van der Waals surface area contributed by atoms with Crippen LogP contribution < -0.4 is 5.32 Å². The van der Waals surface area contributed by atoms with Crippen molar-refractivity contribution in [1.82, 2.24) is 5.32 Å². The lowest BCUT2D eigenvalue weighted by atomic mass is 9.82. The van der Waals surface area contributed by atoms with Crippen molar-refractivity contribution < 1.29 is 0 Å². The lowest BCUT2D eigenvalue weighted by Gasteiger charge is -2.30. The molecule has 3 unspecified atom stereocenters. The van der Waals surface area contributed by atoms with E-state index in [2.05, 4.69) is 53.8 Å². The summed E-state index contributed by atoms with van der Waals surface area (Å²) >= 11 is 0. The maximum Gasteiger partial charge on any atom is 0.00643 e. The van der Waals surface area contributed by atoms with Crippen LogP contribution in [0.25, 0.3) is 0 Å². The van der Waals surface area contributed by atoms with Crippen molar-refractivity contribution in [3.63, 3.8) is 0 Å². The summed E-state index contributed by atoms with van der Waals surface area (Å²) in [5.74, 6) is 1.51. The van der Waals surface area contributed by atoms with Crippen LogP contribution in [0.3, 0.4) is 0 Å². The molecule has 0 aliphatic carbocycles. The van der Waals surface area contributed by atoms with Crippen molar-refractivity contribution in [1.29, 1.82) is 0 Å². The number of nitrogens with one attached hydrogen (secondary N) is 1. The fraction of sp³-hybridized carbons (Fsp3) is 1.00. The van der Waals surface area contributed by atoms with E-state index in [0.29, 0.717) is 11.5 Å². The van der Waals surface area contributed by atoms with Gasteiger partial charge in [0.25, 0.3) is 0 Å². The third-order valence-corrected chi connectivity index (χ3v) is 3.72. The molecule has 0 aliphatic heterocycles. The van der Waals surface area contributed by atoms with E-state index in [-0.39, 0.29) is 0 Å². The number of hydrogen-bond acceptors (Lipinski definition) is 1. The molecule has 0 fully saturated rings. The lowest BCUT2D eigenvalue weighted by Crippen LogP contribution is -2.38. The second kappa shape index (κ2) is 5.75. The summed E-state index contributed by atoms with van der Waals surface area (Å²) in [6.45, 7) is 17.3. The van der Waals surface area contributed by atoms with Crippen LogP contribution in [0.4, 0.5) is 0 Å². The molecule has 3 atom stereocenters. The molecule has 0 aliphatic rings. The molecule has 0 spiro atoms. The quantitative estimate of drug-likeness (QED) is 0.712. The van der Waals surface area contributed by atoms with Crippen LogP contribution in [0.5, 0.6) is 0 Å². The van der Waals surface area contributed by atoms with Crippen LogP contribution in [0.2, 0.25) is 0 Å². The van der Waals surface area contributed by atoms with Gasteiger partial charge in [0.15, 0.2) is 0 Å². The standard InChI is InChI=1S/C13H29N/c1-8-10(2)12(4)14-9-11(3)13(5,6)7/h10-12,14H,8-9H2,1-7H3. The lowest BCUT2D eigenvalue weighted by molar-refractivity contribution is 0.236. The van der Waals surface area contributed by atoms with Gasteiger partial charge in [-0.1, -0.05) is 48.0 Å². The minimum Gasteiger partial charge on any atom is -0.314 e. The van der Waals surface area contributed by atoms with E-state index in [4.69, 9.17) is 0 Å². The predicted octanol–water partition coefficient (Wildman–Crippen LogP) is 3.69. The first-order chi connectivity index (χ1) is 6.29. The Kier molecular flexibility index (Phi) is 5.73. The van der Waals surface area contributed by atoms with Gasteiger partial charge in [-0.05, 0) is 30.7 Å². The van der Waals surface area contributed by atoms with Crippen LogP contribution in [0.1, 0.15) is 54.9 Å². The maximum atomic E-state index is 3.64. The Labute approximate surface area is 90.7 Å². The molecule has 0 aromatic heterocycles. The molecule has 0 saturated carbocycles. The summed E-state index contributed by atoms with van der Waals surface area (Å²) in [5, 5.41) is 3.64. The number of rotatable bonds is 5. The zero-order valence-electron chi connectivity index (χ0n) is 11.1. The van der Waals surface area contributed by atoms with Crippen molar-refractivity contribution in [2.75, 3.05) is 6.54 Å². The summed E-state index contributed by atoms with van der Waals surface area (Å²) < 4.78 is 0. The highest BCUT2D eigenvalue weighted by molar-refractivity contribution is 4.75. The first-order valence-electron chi connectivity index (χ1n) is 6.02. The Morgan fingerprint density at radius 3 is 1.93 bits per heavy atom. The maximum absolute atomic E-state index is 3.64. The molecule has 1 N–H and O–H groups in total. The zero-order chi connectivity index (χ0) is 11.4. The van der Waals surface area contributed by atoms with Gasteiger partial charge in [-0.25, -0.2) is 0 Å². The van der Waals surface area contributed by atoms with E-state index in [9.17, 15) is 0 Å². The van der Waals surface area contributed by atoms with Gasteiger partial charge < -0.3 is 5.32 Å². The minimum atomic E-state index is 0.419. The van der Waals surface area contributed by atoms with E-state index in [0.717, 1.165) is 18.4 Å². The van der Waals surface area contributed by atoms with Crippen molar-refractivity contribution in [2.45, 2.75) is 60.9 Å². The van der Waals surface area contributed by atoms with Gasteiger partial charge in [-0.3, -0.25) is 0 Å². The molecule has 0 heterocycles. The molecule has 0 rings (SSSR count). The minimum absolute atomic E-state index is 0.419. The van der Waals surface area contributed by atoms with Crippen LogP contribution in [0, 0.1) is 17.3 Å². The van der Waals surface area contributed by atoms with Crippen molar-refractivity contribution in [2.24, 2.45) is 17.3 Å². The highest BCUT2D eigenvalue weighted by atomic mass is 14.9. The van der Waals surface area contributed by atoms with E-state index in [1.807, 2.05) is 0 Å². The third-order valence-electron chi connectivity index (χ3n) is 3.72. The normalized spacial score (nSPS) is 19.1. The molecule has 14 heavy (non-hydrogen) atoms. The first-order valence-corrected chi connectivity index (χ1v) is 6.02. The van der Waals surface area contributed by atoms with Crippen molar-refractivity contribution >= 4 is 0 Å². The Hall–Kier alpha value is -0.0400. The Bertz CT molecular complexity index is 146. The Morgan fingerprint density at radius 1 is 1.07 bits per heavy atom. The molecule has 1 heteroatoms. The average molecular weight is 199 g/mol. The smallest absolute Gasteiger partial charge is 0.00643 e. The highest BCUT2D eigenvalue weighted by Gasteiger charge is 2.20. The summed E-state index contributed by atoms with van der Waals surface area (Å²) in [4.78, 5) is 0. The van der Waals surface area contributed by atoms with Gasteiger partial charge >= 0.3 is 0 Å². The van der Waals surface area contributed by atoms with Crippen LogP contribution in [0.15, 0.2) is 0 Å². The molecule has 0 radical (unpaired) electrons. The van der Waals surface area contributed by atoms with E-state index >= 15 is 0 Å². The largest absolute Gasteiger partial charge is 0.314 e. The second-order valence-electron chi connectivity index (χ2n) is 5.85. The van der Waals surface area contributed by atoms with Crippen molar-refractivity contribution in [3.8, 4) is 0 Å². The van der Waals surface area contributed by atoms with Crippen molar-refractivity contribution in [3.05, 3.63) is 0 Å². The molecular formula is C13H29N. The second-order valence-corrected chi connectivity index (χ2v) is 5.85. The van der Waals surface area contributed by atoms with E-state index < -0.39 is 0 Å². The van der Waals surface area contributed by atoms with E-state index in [1.54, 1.807) is 0 Å². The van der Waals surface area contributed by atoms with Gasteiger partial charge in [-0.2, -0.15) is 0 Å². The van der Waals surface area contributed by atoms with Gasteiger partial charge in [0.2, 0.25) is 0 Å². The Morgan fingerprint density at radius 2 is 1.57 bits per heavy atom. The summed E-state index contributed by atoms with van der Waals surface area (Å²) in [7, 11) is 0. The molecule has 0 aromatic carbocycles. The van der Waals surface area contributed by atoms with Crippen LogP contribution in [-0.4, -0.2) is 12.6 Å². The summed E-state index contributed by atoms with van der Waals surface area (Å²) in [6, 6.07) is 0.643. The SMILES string of the molecule is CCC(C)C(C)NCC(C)C(C)(C)C. The van der Waals surface area contributed by atoms with Gasteiger partial charge in [-0.15, -0.1) is 0 Å². The molecule has 0 bridgehead atoms. The summed E-state index contributed by atoms with van der Waals surface area (Å²) in [6.07, 6.45) is 1.26. The molecule has 0 amide bonds. The average Bonchev–Trinajstić information content (AvgIpc) is 2.10. The fourth-order valence-corrected chi connectivity index (χ4v) is 1.22. The zero-order valence-corrected chi connectivity index (χ0v) is 11.1. The molecule has 86 valence electrons. The molecule has 0 saturated heterocycles. The van der Waals surface area contributed by atoms with Gasteiger partial charge in [0.05, 0.1) is 0 Å². The Balaban J connectivity index is 3.83. The van der Waals surface area contributed by atoms with Gasteiger partial charge in [0.1, 0.15) is 0 Å². The molecule has 1 nitrogen and oxygen atoms in total.